The van der Waals surface area contributed by atoms with Gasteiger partial charge in [-0.1, -0.05) is 34.5 Å². The average molecular weight is 488 g/mol. The molecular formula is C19H19Cl2N3O4S2. The van der Waals surface area contributed by atoms with Gasteiger partial charge in [-0.2, -0.15) is 0 Å². The molecule has 1 heterocycles. The highest BCUT2D eigenvalue weighted by Gasteiger charge is 2.23. The molecule has 0 fully saturated rings. The Hall–Kier alpha value is -2.07. The van der Waals surface area contributed by atoms with Gasteiger partial charge in [-0.25, -0.2) is 8.42 Å². The van der Waals surface area contributed by atoms with Crippen molar-refractivity contribution in [3.8, 4) is 0 Å². The maximum atomic E-state index is 12.6. The maximum Gasteiger partial charge on any atom is 0.308 e. The van der Waals surface area contributed by atoms with Crippen molar-refractivity contribution in [3.63, 3.8) is 0 Å². The largest absolute Gasteiger partial charge is 0.324 e. The lowest BCUT2D eigenvalue weighted by molar-refractivity contribution is -0.114. The van der Waals surface area contributed by atoms with Crippen LogP contribution in [0.2, 0.25) is 10.0 Å². The van der Waals surface area contributed by atoms with Crippen molar-refractivity contribution in [3.05, 3.63) is 56.1 Å². The molecule has 1 amide bonds. The van der Waals surface area contributed by atoms with E-state index in [2.05, 4.69) is 5.32 Å². The number of hydrogen-bond donors (Lipinski definition) is 1. The Labute approximate surface area is 187 Å². The fourth-order valence-electron chi connectivity index (χ4n) is 3.00. The molecule has 30 heavy (non-hydrogen) atoms. The van der Waals surface area contributed by atoms with Gasteiger partial charge in [0, 0.05) is 16.8 Å². The molecule has 3 rings (SSSR count). The van der Waals surface area contributed by atoms with Crippen LogP contribution in [0.1, 0.15) is 19.9 Å². The van der Waals surface area contributed by atoms with E-state index >= 15 is 0 Å². The highest BCUT2D eigenvalue weighted by molar-refractivity contribution is 7.92. The van der Waals surface area contributed by atoms with E-state index in [1.165, 1.54) is 18.2 Å². The maximum absolute atomic E-state index is 12.6. The summed E-state index contributed by atoms with van der Waals surface area (Å²) in [7, 11) is -3.78. The van der Waals surface area contributed by atoms with Crippen LogP contribution < -0.4 is 14.5 Å². The molecule has 0 radical (unpaired) electrons. The Kier molecular flexibility index (Phi) is 6.47. The SMILES string of the molecule is CC(C)n1c(=O)sc2cc(NC(=O)CN(c3ccc(Cl)cc3Cl)S(C)(=O)=O)ccc21. The molecule has 0 bridgehead atoms. The first-order valence-electron chi connectivity index (χ1n) is 8.85. The van der Waals surface area contributed by atoms with Crippen LogP contribution in [0.15, 0.2) is 41.2 Å². The third-order valence-electron chi connectivity index (χ3n) is 4.28. The first kappa shape index (κ1) is 22.6. The molecule has 11 heteroatoms. The third kappa shape index (κ3) is 4.80. The Morgan fingerprint density at radius 2 is 1.90 bits per heavy atom. The Morgan fingerprint density at radius 1 is 1.20 bits per heavy atom. The van der Waals surface area contributed by atoms with Crippen LogP contribution in [0, 0.1) is 0 Å². The van der Waals surface area contributed by atoms with Crippen LogP contribution in [0.4, 0.5) is 11.4 Å². The number of halogens is 2. The molecule has 0 atom stereocenters. The second kappa shape index (κ2) is 8.58. The molecule has 0 aliphatic heterocycles. The second-order valence-electron chi connectivity index (χ2n) is 6.93. The fourth-order valence-corrected chi connectivity index (χ4v) is 5.48. The third-order valence-corrected chi connectivity index (χ3v) is 6.86. The summed E-state index contributed by atoms with van der Waals surface area (Å²) in [6.07, 6.45) is 0.989. The van der Waals surface area contributed by atoms with Crippen molar-refractivity contribution in [1.29, 1.82) is 0 Å². The summed E-state index contributed by atoms with van der Waals surface area (Å²) in [5, 5.41) is 3.14. The number of sulfonamides is 1. The Balaban J connectivity index is 1.86. The number of thiazole rings is 1. The molecule has 0 aliphatic carbocycles. The minimum atomic E-state index is -3.78. The van der Waals surface area contributed by atoms with E-state index in [0.717, 1.165) is 32.1 Å². The van der Waals surface area contributed by atoms with Crippen LogP contribution in [-0.4, -0.2) is 31.7 Å². The van der Waals surface area contributed by atoms with Crippen LogP contribution in [0.25, 0.3) is 10.2 Å². The van der Waals surface area contributed by atoms with E-state index in [1.54, 1.807) is 22.8 Å². The number of aromatic nitrogens is 1. The standard InChI is InChI=1S/C19H19Cl2N3O4S2/c1-11(2)24-16-7-5-13(9-17(16)29-19(24)26)22-18(25)10-23(30(3,27)28)15-6-4-12(20)8-14(15)21/h4-9,11H,10H2,1-3H3,(H,22,25). The number of fused-ring (bicyclic) bond motifs is 1. The van der Waals surface area contributed by atoms with E-state index in [4.69, 9.17) is 23.2 Å². The quantitative estimate of drug-likeness (QED) is 0.559. The van der Waals surface area contributed by atoms with E-state index < -0.39 is 22.5 Å². The van der Waals surface area contributed by atoms with Crippen molar-refractivity contribution in [1.82, 2.24) is 4.57 Å². The zero-order chi connectivity index (χ0) is 22.2. The topological polar surface area (TPSA) is 88.5 Å². The van der Waals surface area contributed by atoms with Gasteiger partial charge in [0.2, 0.25) is 15.9 Å². The highest BCUT2D eigenvalue weighted by atomic mass is 35.5. The number of carbonyl (C=O) groups is 1. The summed E-state index contributed by atoms with van der Waals surface area (Å²) in [5.41, 5.74) is 1.39. The molecule has 160 valence electrons. The van der Waals surface area contributed by atoms with Gasteiger partial charge in [0.15, 0.2) is 0 Å². The minimum Gasteiger partial charge on any atom is -0.324 e. The van der Waals surface area contributed by atoms with Crippen molar-refractivity contribution in [2.75, 3.05) is 22.4 Å². The van der Waals surface area contributed by atoms with Crippen LogP contribution in [0.5, 0.6) is 0 Å². The molecule has 1 aromatic heterocycles. The van der Waals surface area contributed by atoms with Crippen LogP contribution >= 0.6 is 34.5 Å². The van der Waals surface area contributed by atoms with Gasteiger partial charge in [-0.05, 0) is 50.2 Å². The van der Waals surface area contributed by atoms with Gasteiger partial charge in [0.1, 0.15) is 6.54 Å². The lowest BCUT2D eigenvalue weighted by atomic mass is 10.2. The number of benzene rings is 2. The predicted octanol–water partition coefficient (Wildman–Crippen LogP) is 4.36. The minimum absolute atomic E-state index is 0.0131. The summed E-state index contributed by atoms with van der Waals surface area (Å²) in [6.45, 7) is 3.37. The molecule has 3 aromatic rings. The number of carbonyl (C=O) groups excluding carboxylic acids is 1. The first-order chi connectivity index (χ1) is 14.0. The van der Waals surface area contributed by atoms with E-state index in [1.807, 2.05) is 13.8 Å². The van der Waals surface area contributed by atoms with E-state index in [-0.39, 0.29) is 21.6 Å². The zero-order valence-electron chi connectivity index (χ0n) is 16.3. The van der Waals surface area contributed by atoms with E-state index in [9.17, 15) is 18.0 Å². The number of nitrogens with zero attached hydrogens (tertiary/aromatic N) is 2. The molecule has 0 saturated carbocycles. The van der Waals surface area contributed by atoms with Crippen LogP contribution in [-0.2, 0) is 14.8 Å². The van der Waals surface area contributed by atoms with Gasteiger partial charge in [0.05, 0.1) is 27.2 Å². The van der Waals surface area contributed by atoms with Gasteiger partial charge in [-0.15, -0.1) is 0 Å². The molecule has 0 saturated heterocycles. The Bertz CT molecular complexity index is 1280. The molecule has 0 spiro atoms. The van der Waals surface area contributed by atoms with Gasteiger partial charge in [0.25, 0.3) is 0 Å². The van der Waals surface area contributed by atoms with Crippen molar-refractivity contribution >= 4 is 72.1 Å². The molecule has 0 unspecified atom stereocenters. The molecule has 7 nitrogen and oxygen atoms in total. The van der Waals surface area contributed by atoms with E-state index in [0.29, 0.717) is 10.7 Å². The summed E-state index contributed by atoms with van der Waals surface area (Å²) in [5.74, 6) is -0.554. The Morgan fingerprint density at radius 3 is 2.50 bits per heavy atom. The monoisotopic (exact) mass is 487 g/mol. The van der Waals surface area contributed by atoms with Gasteiger partial charge >= 0.3 is 4.87 Å². The molecule has 2 aromatic carbocycles. The summed E-state index contributed by atoms with van der Waals surface area (Å²) >= 11 is 13.1. The highest BCUT2D eigenvalue weighted by Crippen LogP contribution is 2.30. The predicted molar refractivity (Wildman–Crippen MR) is 124 cm³/mol. The lowest BCUT2D eigenvalue weighted by Crippen LogP contribution is -2.37. The number of amides is 1. The molecule has 0 aliphatic rings. The lowest BCUT2D eigenvalue weighted by Gasteiger charge is -2.23. The second-order valence-corrected chi connectivity index (χ2v) is 10.7. The number of hydrogen-bond acceptors (Lipinski definition) is 5. The number of rotatable bonds is 6. The van der Waals surface area contributed by atoms with Gasteiger partial charge < -0.3 is 5.32 Å². The molecular weight excluding hydrogens is 469 g/mol. The zero-order valence-corrected chi connectivity index (χ0v) is 19.5. The normalized spacial score (nSPS) is 11.8. The van der Waals surface area contributed by atoms with Crippen molar-refractivity contribution in [2.24, 2.45) is 0 Å². The summed E-state index contributed by atoms with van der Waals surface area (Å²) in [6, 6.07) is 9.48. The smallest absolute Gasteiger partial charge is 0.308 e. The summed E-state index contributed by atoms with van der Waals surface area (Å²) in [4.78, 5) is 24.7. The first-order valence-corrected chi connectivity index (χ1v) is 12.3. The fraction of sp³-hybridized carbons (Fsp3) is 0.263. The number of anilines is 2. The van der Waals surface area contributed by atoms with Crippen molar-refractivity contribution in [2.45, 2.75) is 19.9 Å². The van der Waals surface area contributed by atoms with Gasteiger partial charge in [-0.3, -0.25) is 18.5 Å². The molecule has 1 N–H and O–H groups in total. The average Bonchev–Trinajstić information content (AvgIpc) is 2.94. The van der Waals surface area contributed by atoms with Crippen molar-refractivity contribution < 1.29 is 13.2 Å². The summed E-state index contributed by atoms with van der Waals surface area (Å²) < 4.78 is 27.8. The van der Waals surface area contributed by atoms with Crippen LogP contribution in [0.3, 0.4) is 0 Å². The number of nitrogens with one attached hydrogen (secondary N) is 1.